The van der Waals surface area contributed by atoms with Crippen molar-refractivity contribution in [2.24, 2.45) is 5.92 Å². The molecule has 4 nitrogen and oxygen atoms in total. The van der Waals surface area contributed by atoms with Gasteiger partial charge in [0.25, 0.3) is 0 Å². The van der Waals surface area contributed by atoms with Gasteiger partial charge in [-0.15, -0.1) is 0 Å². The highest BCUT2D eigenvalue weighted by molar-refractivity contribution is 5.68. The van der Waals surface area contributed by atoms with Gasteiger partial charge < -0.3 is 15.4 Å². The van der Waals surface area contributed by atoms with Crippen LogP contribution >= 0.6 is 0 Å². The second-order valence-corrected chi connectivity index (χ2v) is 5.83. The maximum absolute atomic E-state index is 11.6. The smallest absolute Gasteiger partial charge is 0.407 e. The van der Waals surface area contributed by atoms with Gasteiger partial charge in [0.05, 0.1) is 0 Å². The van der Waals surface area contributed by atoms with Crippen LogP contribution in [0.15, 0.2) is 0 Å². The molecule has 0 spiro atoms. The summed E-state index contributed by atoms with van der Waals surface area (Å²) in [4.78, 5) is 11.6. The summed E-state index contributed by atoms with van der Waals surface area (Å²) in [6.07, 6.45) is 3.03. The van der Waals surface area contributed by atoms with E-state index in [0.717, 1.165) is 25.9 Å². The summed E-state index contributed by atoms with van der Waals surface area (Å²) in [5, 5.41) is 6.31. The molecule has 0 aromatic heterocycles. The van der Waals surface area contributed by atoms with Crippen molar-refractivity contribution in [3.05, 3.63) is 0 Å². The molecule has 1 aliphatic rings. The standard InChI is InChI=1S/C13H26N2O2/c1-5-14-9-10-6-7-11(8-10)15-12(16)17-13(2,3)4/h10-11,14H,5-9H2,1-4H3,(H,15,16). The molecule has 100 valence electrons. The number of rotatable bonds is 4. The predicted molar refractivity (Wildman–Crippen MR) is 69.0 cm³/mol. The van der Waals surface area contributed by atoms with E-state index in [2.05, 4.69) is 17.6 Å². The Morgan fingerprint density at radius 1 is 1.35 bits per heavy atom. The fourth-order valence-electron chi connectivity index (χ4n) is 2.21. The van der Waals surface area contributed by atoms with Crippen molar-refractivity contribution in [2.75, 3.05) is 13.1 Å². The van der Waals surface area contributed by atoms with E-state index in [1.54, 1.807) is 0 Å². The van der Waals surface area contributed by atoms with Gasteiger partial charge in [-0.3, -0.25) is 0 Å². The first kappa shape index (κ1) is 14.3. The summed E-state index contributed by atoms with van der Waals surface area (Å²) in [6.45, 7) is 9.84. The van der Waals surface area contributed by atoms with Crippen LogP contribution in [0, 0.1) is 5.92 Å². The van der Waals surface area contributed by atoms with Crippen LogP contribution in [0.2, 0.25) is 0 Å². The summed E-state index contributed by atoms with van der Waals surface area (Å²) in [5.41, 5.74) is -0.411. The number of hydrogen-bond acceptors (Lipinski definition) is 3. The summed E-state index contributed by atoms with van der Waals surface area (Å²) in [5.74, 6) is 0.690. The van der Waals surface area contributed by atoms with Gasteiger partial charge >= 0.3 is 6.09 Å². The summed E-state index contributed by atoms with van der Waals surface area (Å²) in [6, 6.07) is 0.286. The quantitative estimate of drug-likeness (QED) is 0.795. The average molecular weight is 242 g/mol. The first-order valence-corrected chi connectivity index (χ1v) is 6.61. The minimum atomic E-state index is -0.411. The Bertz CT molecular complexity index is 248. The number of hydrogen-bond donors (Lipinski definition) is 2. The fraction of sp³-hybridized carbons (Fsp3) is 0.923. The molecular weight excluding hydrogens is 216 g/mol. The lowest BCUT2D eigenvalue weighted by Gasteiger charge is -2.21. The van der Waals surface area contributed by atoms with Crippen LogP contribution in [-0.4, -0.2) is 30.8 Å². The number of ether oxygens (including phenoxy) is 1. The number of amides is 1. The number of alkyl carbamates (subject to hydrolysis) is 1. The molecule has 0 bridgehead atoms. The molecule has 0 radical (unpaired) electrons. The number of carbonyl (C=O) groups is 1. The van der Waals surface area contributed by atoms with E-state index in [9.17, 15) is 4.79 Å². The molecule has 2 unspecified atom stereocenters. The van der Waals surface area contributed by atoms with Gasteiger partial charge in [0, 0.05) is 6.04 Å². The van der Waals surface area contributed by atoms with Crippen LogP contribution in [0.4, 0.5) is 4.79 Å². The zero-order chi connectivity index (χ0) is 12.9. The van der Waals surface area contributed by atoms with Crippen molar-refractivity contribution in [1.82, 2.24) is 10.6 Å². The van der Waals surface area contributed by atoms with E-state index < -0.39 is 5.60 Å². The Balaban J connectivity index is 2.23. The molecule has 1 fully saturated rings. The lowest BCUT2D eigenvalue weighted by atomic mass is 10.1. The molecule has 17 heavy (non-hydrogen) atoms. The van der Waals surface area contributed by atoms with E-state index in [4.69, 9.17) is 4.74 Å². The number of carbonyl (C=O) groups excluding carboxylic acids is 1. The lowest BCUT2D eigenvalue weighted by Crippen LogP contribution is -2.38. The van der Waals surface area contributed by atoms with E-state index in [0.29, 0.717) is 5.92 Å². The highest BCUT2D eigenvalue weighted by atomic mass is 16.6. The van der Waals surface area contributed by atoms with Crippen molar-refractivity contribution < 1.29 is 9.53 Å². The molecule has 0 saturated heterocycles. The molecule has 0 aliphatic heterocycles. The van der Waals surface area contributed by atoms with Crippen LogP contribution in [0.25, 0.3) is 0 Å². The van der Waals surface area contributed by atoms with E-state index in [1.165, 1.54) is 6.42 Å². The van der Waals surface area contributed by atoms with E-state index in [1.807, 2.05) is 20.8 Å². The largest absolute Gasteiger partial charge is 0.444 e. The highest BCUT2D eigenvalue weighted by Crippen LogP contribution is 2.25. The van der Waals surface area contributed by atoms with Crippen LogP contribution in [0.5, 0.6) is 0 Å². The summed E-state index contributed by atoms with van der Waals surface area (Å²) >= 11 is 0. The third kappa shape index (κ3) is 5.91. The Morgan fingerprint density at radius 2 is 2.06 bits per heavy atom. The molecule has 2 atom stereocenters. The maximum Gasteiger partial charge on any atom is 0.407 e. The van der Waals surface area contributed by atoms with Gasteiger partial charge in [-0.1, -0.05) is 6.92 Å². The fourth-order valence-corrected chi connectivity index (χ4v) is 2.21. The SMILES string of the molecule is CCNCC1CCC(NC(=O)OC(C)(C)C)C1. The van der Waals surface area contributed by atoms with Gasteiger partial charge in [0.1, 0.15) is 5.60 Å². The Morgan fingerprint density at radius 3 is 2.65 bits per heavy atom. The first-order chi connectivity index (χ1) is 7.90. The molecule has 0 aromatic rings. The van der Waals surface area contributed by atoms with Gasteiger partial charge in [-0.2, -0.15) is 0 Å². The van der Waals surface area contributed by atoms with Crippen molar-refractivity contribution in [3.8, 4) is 0 Å². The molecule has 1 aliphatic carbocycles. The second-order valence-electron chi connectivity index (χ2n) is 5.83. The Kier molecular flexibility index (Phi) is 5.25. The molecule has 4 heteroatoms. The number of nitrogens with one attached hydrogen (secondary N) is 2. The third-order valence-corrected chi connectivity index (χ3v) is 2.95. The molecule has 1 amide bonds. The molecule has 1 rings (SSSR count). The average Bonchev–Trinajstić information content (AvgIpc) is 2.59. The second kappa shape index (κ2) is 6.24. The topological polar surface area (TPSA) is 50.4 Å². The molecule has 0 aromatic carbocycles. The zero-order valence-corrected chi connectivity index (χ0v) is 11.5. The van der Waals surface area contributed by atoms with Crippen molar-refractivity contribution in [2.45, 2.75) is 58.6 Å². The minimum Gasteiger partial charge on any atom is -0.444 e. The third-order valence-electron chi connectivity index (χ3n) is 2.95. The van der Waals surface area contributed by atoms with E-state index in [-0.39, 0.29) is 12.1 Å². The van der Waals surface area contributed by atoms with Crippen LogP contribution in [0.1, 0.15) is 47.0 Å². The van der Waals surface area contributed by atoms with Crippen molar-refractivity contribution in [1.29, 1.82) is 0 Å². The van der Waals surface area contributed by atoms with Gasteiger partial charge in [-0.25, -0.2) is 4.79 Å². The minimum absolute atomic E-state index is 0.286. The highest BCUT2D eigenvalue weighted by Gasteiger charge is 2.27. The molecule has 0 heterocycles. The summed E-state index contributed by atoms with van der Waals surface area (Å²) < 4.78 is 5.25. The van der Waals surface area contributed by atoms with Crippen LogP contribution < -0.4 is 10.6 Å². The molecule has 2 N–H and O–H groups in total. The first-order valence-electron chi connectivity index (χ1n) is 6.61. The predicted octanol–water partition coefficient (Wildman–Crippen LogP) is 2.29. The summed E-state index contributed by atoms with van der Waals surface area (Å²) in [7, 11) is 0. The molecular formula is C13H26N2O2. The zero-order valence-electron chi connectivity index (χ0n) is 11.5. The maximum atomic E-state index is 11.6. The van der Waals surface area contributed by atoms with Gasteiger partial charge in [0.2, 0.25) is 0 Å². The van der Waals surface area contributed by atoms with Crippen LogP contribution in [0.3, 0.4) is 0 Å². The van der Waals surface area contributed by atoms with E-state index >= 15 is 0 Å². The lowest BCUT2D eigenvalue weighted by molar-refractivity contribution is 0.0504. The molecule has 1 saturated carbocycles. The van der Waals surface area contributed by atoms with Crippen molar-refractivity contribution >= 4 is 6.09 Å². The van der Waals surface area contributed by atoms with Crippen LogP contribution in [-0.2, 0) is 4.74 Å². The Labute approximate surface area is 104 Å². The van der Waals surface area contributed by atoms with Gasteiger partial charge in [0.15, 0.2) is 0 Å². The monoisotopic (exact) mass is 242 g/mol. The van der Waals surface area contributed by atoms with Crippen molar-refractivity contribution in [3.63, 3.8) is 0 Å². The normalized spacial score (nSPS) is 24.7. The van der Waals surface area contributed by atoms with Gasteiger partial charge in [-0.05, 0) is 59.0 Å². The Hall–Kier alpha value is -0.770.